The van der Waals surface area contributed by atoms with Gasteiger partial charge in [-0.3, -0.25) is 28.8 Å². The number of aryl methyl sites for hydroxylation is 4. The third-order valence-corrected chi connectivity index (χ3v) is 10.6. The zero-order valence-electron chi connectivity index (χ0n) is 35.0. The van der Waals surface area contributed by atoms with Crippen molar-refractivity contribution in [2.45, 2.75) is 52.6 Å². The molecule has 0 saturated carbocycles. The Hall–Kier alpha value is -6.32. The standard InChI is InChI=1S/C46H42Cl4N8O6/c1-25-21-33(51-45(63)41(27(3)59)57-55-38-23-31(13-15-34(38)49)43(61)52-36-11-7-5-9-29(36)17-19-47)22-26(2)40(25)54-46(64)42(28(4)60)58-56-39-24-32(14-16-35(39)50)44(62)53-37-12-8-6-10-30(37)18-20-48/h5-16,21-24,41-42H,17-20H2,1-4H3,(H,51,63)(H,52,61)(H,53,62)(H,54,64). The van der Waals surface area contributed by atoms with E-state index in [2.05, 4.69) is 41.7 Å². The number of amides is 4. The number of azo groups is 2. The van der Waals surface area contributed by atoms with Gasteiger partial charge in [0, 0.05) is 45.6 Å². The van der Waals surface area contributed by atoms with Crippen LogP contribution < -0.4 is 21.3 Å². The van der Waals surface area contributed by atoms with Gasteiger partial charge in [-0.25, -0.2) is 0 Å². The first-order valence-corrected chi connectivity index (χ1v) is 21.5. The predicted octanol–water partition coefficient (Wildman–Crippen LogP) is 11.0. The molecule has 0 aliphatic heterocycles. The molecular weight excluding hydrogens is 902 g/mol. The smallest absolute Gasteiger partial charge is 0.258 e. The zero-order valence-corrected chi connectivity index (χ0v) is 38.0. The molecule has 14 nitrogen and oxygen atoms in total. The molecule has 4 amide bonds. The van der Waals surface area contributed by atoms with Gasteiger partial charge < -0.3 is 21.3 Å². The maximum Gasteiger partial charge on any atom is 0.258 e. The summed E-state index contributed by atoms with van der Waals surface area (Å²) >= 11 is 24.6. The van der Waals surface area contributed by atoms with E-state index in [1.807, 2.05) is 24.3 Å². The Bertz CT molecular complexity index is 2650. The Morgan fingerprint density at radius 3 is 1.36 bits per heavy atom. The normalized spacial score (nSPS) is 12.1. The second kappa shape index (κ2) is 22.9. The van der Waals surface area contributed by atoms with Crippen LogP contribution in [-0.2, 0) is 32.0 Å². The first kappa shape index (κ1) is 48.7. The molecule has 330 valence electrons. The van der Waals surface area contributed by atoms with Crippen molar-refractivity contribution >= 4 is 116 Å². The molecule has 0 aliphatic carbocycles. The van der Waals surface area contributed by atoms with Crippen LogP contribution in [0.4, 0.5) is 34.1 Å². The maximum atomic E-state index is 13.5. The number of Topliss-reactive ketones (excluding diaryl/α,β-unsaturated/α-hetero) is 2. The average molecular weight is 945 g/mol. The molecule has 0 bridgehead atoms. The predicted molar refractivity (Wildman–Crippen MR) is 252 cm³/mol. The van der Waals surface area contributed by atoms with Crippen LogP contribution in [0.25, 0.3) is 0 Å². The fourth-order valence-electron chi connectivity index (χ4n) is 6.29. The van der Waals surface area contributed by atoms with Crippen molar-refractivity contribution in [3.05, 3.63) is 140 Å². The number of halogens is 4. The van der Waals surface area contributed by atoms with Crippen LogP contribution in [0.1, 0.15) is 56.8 Å². The molecule has 0 spiro atoms. The van der Waals surface area contributed by atoms with E-state index in [4.69, 9.17) is 46.4 Å². The average Bonchev–Trinajstić information content (AvgIpc) is 3.24. The summed E-state index contributed by atoms with van der Waals surface area (Å²) in [6, 6.07) is 23.1. The highest BCUT2D eigenvalue weighted by atomic mass is 35.5. The van der Waals surface area contributed by atoms with Gasteiger partial charge in [0.05, 0.1) is 10.0 Å². The summed E-state index contributed by atoms with van der Waals surface area (Å²) in [5.74, 6) is -2.99. The van der Waals surface area contributed by atoms with E-state index in [9.17, 15) is 28.8 Å². The van der Waals surface area contributed by atoms with Gasteiger partial charge in [0.25, 0.3) is 23.6 Å². The third kappa shape index (κ3) is 12.9. The lowest BCUT2D eigenvalue weighted by molar-refractivity contribution is -0.127. The molecule has 0 heterocycles. The molecule has 4 N–H and O–H groups in total. The van der Waals surface area contributed by atoms with Crippen molar-refractivity contribution in [2.75, 3.05) is 33.0 Å². The van der Waals surface area contributed by atoms with Gasteiger partial charge >= 0.3 is 0 Å². The number of para-hydroxylation sites is 2. The van der Waals surface area contributed by atoms with Crippen molar-refractivity contribution in [3.8, 4) is 0 Å². The minimum atomic E-state index is -1.59. The number of hydrogen-bond acceptors (Lipinski definition) is 10. The van der Waals surface area contributed by atoms with Crippen LogP contribution in [-0.4, -0.2) is 59.0 Å². The number of nitrogens with zero attached hydrogens (tertiary/aromatic N) is 4. The van der Waals surface area contributed by atoms with E-state index in [1.54, 1.807) is 50.2 Å². The Morgan fingerprint density at radius 2 is 0.953 bits per heavy atom. The van der Waals surface area contributed by atoms with Crippen molar-refractivity contribution in [1.29, 1.82) is 0 Å². The number of carbonyl (C=O) groups excluding carboxylic acids is 6. The molecular formula is C46H42Cl4N8O6. The molecule has 5 aromatic rings. The number of hydrogen-bond donors (Lipinski definition) is 4. The first-order valence-electron chi connectivity index (χ1n) is 19.6. The quantitative estimate of drug-likeness (QED) is 0.0382. The Kier molecular flexibility index (Phi) is 17.4. The molecule has 2 atom stereocenters. The fourth-order valence-corrected chi connectivity index (χ4v) is 7.00. The number of nitrogens with one attached hydrogen (secondary N) is 4. The minimum absolute atomic E-state index is 0.0534. The fraction of sp³-hybridized carbons (Fsp3) is 0.217. The summed E-state index contributed by atoms with van der Waals surface area (Å²) in [6.07, 6.45) is 1.10. The van der Waals surface area contributed by atoms with Gasteiger partial charge in [-0.05, 0) is 123 Å². The van der Waals surface area contributed by atoms with E-state index in [0.717, 1.165) is 11.1 Å². The topological polar surface area (TPSA) is 200 Å². The maximum absolute atomic E-state index is 13.5. The lowest BCUT2D eigenvalue weighted by atomic mass is 10.1. The number of rotatable bonds is 18. The third-order valence-electron chi connectivity index (χ3n) is 9.55. The van der Waals surface area contributed by atoms with Gasteiger partial charge in [0.2, 0.25) is 12.1 Å². The highest BCUT2D eigenvalue weighted by Gasteiger charge is 2.27. The minimum Gasteiger partial charge on any atom is -0.324 e. The molecule has 0 fully saturated rings. The van der Waals surface area contributed by atoms with Crippen molar-refractivity contribution in [1.82, 2.24) is 0 Å². The summed E-state index contributed by atoms with van der Waals surface area (Å²) in [7, 11) is 0. The van der Waals surface area contributed by atoms with E-state index < -0.39 is 47.3 Å². The highest BCUT2D eigenvalue weighted by molar-refractivity contribution is 6.33. The molecule has 5 aromatic carbocycles. The van der Waals surface area contributed by atoms with Crippen LogP contribution in [0.5, 0.6) is 0 Å². The van der Waals surface area contributed by atoms with Gasteiger partial charge in [-0.15, -0.1) is 23.2 Å². The highest BCUT2D eigenvalue weighted by Crippen LogP contribution is 2.31. The molecule has 0 aliphatic rings. The molecule has 0 radical (unpaired) electrons. The zero-order chi connectivity index (χ0) is 46.5. The summed E-state index contributed by atoms with van der Waals surface area (Å²) in [6.45, 7) is 5.69. The van der Waals surface area contributed by atoms with E-state index in [-0.39, 0.29) is 38.2 Å². The Balaban J connectivity index is 1.26. The number of carbonyl (C=O) groups is 6. The van der Waals surface area contributed by atoms with E-state index >= 15 is 0 Å². The summed E-state index contributed by atoms with van der Waals surface area (Å²) in [4.78, 5) is 78.5. The molecule has 64 heavy (non-hydrogen) atoms. The van der Waals surface area contributed by atoms with E-state index in [1.165, 1.54) is 50.2 Å². The molecule has 5 rings (SSSR count). The number of benzene rings is 5. The second-order valence-corrected chi connectivity index (χ2v) is 15.9. The number of alkyl halides is 2. The molecule has 2 unspecified atom stereocenters. The summed E-state index contributed by atoms with van der Waals surface area (Å²) in [5.41, 5.74) is 5.01. The van der Waals surface area contributed by atoms with Crippen molar-refractivity contribution in [3.63, 3.8) is 0 Å². The van der Waals surface area contributed by atoms with Gasteiger partial charge in [-0.1, -0.05) is 59.6 Å². The van der Waals surface area contributed by atoms with Crippen LogP contribution >= 0.6 is 46.4 Å². The van der Waals surface area contributed by atoms with Crippen LogP contribution in [0.15, 0.2) is 118 Å². The van der Waals surface area contributed by atoms with Gasteiger partial charge in [0.1, 0.15) is 11.4 Å². The molecule has 0 aromatic heterocycles. The number of ketones is 2. The lowest BCUT2D eigenvalue weighted by Crippen LogP contribution is -2.33. The van der Waals surface area contributed by atoms with Crippen LogP contribution in [0, 0.1) is 13.8 Å². The largest absolute Gasteiger partial charge is 0.324 e. The van der Waals surface area contributed by atoms with Gasteiger partial charge in [0.15, 0.2) is 11.6 Å². The lowest BCUT2D eigenvalue weighted by Gasteiger charge is -2.17. The molecule has 0 saturated heterocycles. The van der Waals surface area contributed by atoms with Crippen LogP contribution in [0.2, 0.25) is 10.0 Å². The Labute approximate surface area is 389 Å². The second-order valence-electron chi connectivity index (χ2n) is 14.4. The Morgan fingerprint density at radius 1 is 0.547 bits per heavy atom. The monoisotopic (exact) mass is 942 g/mol. The summed E-state index contributed by atoms with van der Waals surface area (Å²) < 4.78 is 0. The SMILES string of the molecule is CC(=O)C(N=Nc1cc(C(=O)Nc2ccccc2CCCl)ccc1Cl)C(=O)Nc1cc(C)c(NC(=O)C(N=Nc2cc(C(=O)Nc3ccccc3CCCl)ccc2Cl)C(C)=O)c(C)c1. The number of anilines is 4. The van der Waals surface area contributed by atoms with Crippen molar-refractivity contribution < 1.29 is 28.8 Å². The first-order chi connectivity index (χ1) is 30.6. The summed E-state index contributed by atoms with van der Waals surface area (Å²) in [5, 5.41) is 27.5. The molecule has 18 heteroatoms. The van der Waals surface area contributed by atoms with Crippen molar-refractivity contribution in [2.24, 2.45) is 20.5 Å². The van der Waals surface area contributed by atoms with Crippen LogP contribution in [0.3, 0.4) is 0 Å². The van der Waals surface area contributed by atoms with E-state index in [0.29, 0.717) is 52.8 Å². The van der Waals surface area contributed by atoms with Gasteiger partial charge in [-0.2, -0.15) is 20.5 Å².